The van der Waals surface area contributed by atoms with Gasteiger partial charge in [-0.15, -0.1) is 0 Å². The highest BCUT2D eigenvalue weighted by Crippen LogP contribution is 2.01. The highest BCUT2D eigenvalue weighted by Gasteiger charge is 2.17. The SMILES string of the molecule is CN=C(NCCC(C)C)NCCN1CCN(C(C)=O)CC1. The molecule has 0 spiro atoms. The van der Waals surface area contributed by atoms with E-state index in [1.165, 1.54) is 0 Å². The topological polar surface area (TPSA) is 60.0 Å². The van der Waals surface area contributed by atoms with Crippen molar-refractivity contribution in [1.82, 2.24) is 20.4 Å². The van der Waals surface area contributed by atoms with Crippen LogP contribution in [0.15, 0.2) is 4.99 Å². The lowest BCUT2D eigenvalue weighted by atomic mass is 10.1. The Balaban J connectivity index is 2.13. The van der Waals surface area contributed by atoms with Crippen LogP contribution in [0.2, 0.25) is 0 Å². The van der Waals surface area contributed by atoms with Gasteiger partial charge < -0.3 is 15.5 Å². The minimum atomic E-state index is 0.183. The summed E-state index contributed by atoms with van der Waals surface area (Å²) in [7, 11) is 1.80. The fraction of sp³-hybridized carbons (Fsp3) is 0.867. The number of aliphatic imine (C=N–C) groups is 1. The van der Waals surface area contributed by atoms with E-state index in [-0.39, 0.29) is 5.91 Å². The molecule has 0 radical (unpaired) electrons. The van der Waals surface area contributed by atoms with Crippen LogP contribution in [-0.2, 0) is 4.79 Å². The van der Waals surface area contributed by atoms with Crippen LogP contribution < -0.4 is 10.6 Å². The van der Waals surface area contributed by atoms with Crippen molar-refractivity contribution in [2.45, 2.75) is 27.2 Å². The molecular formula is C15H31N5O. The maximum Gasteiger partial charge on any atom is 0.219 e. The first-order valence-corrected chi connectivity index (χ1v) is 7.95. The Hall–Kier alpha value is -1.30. The summed E-state index contributed by atoms with van der Waals surface area (Å²) in [6.07, 6.45) is 1.15. The Kier molecular flexibility index (Phi) is 8.12. The largest absolute Gasteiger partial charge is 0.356 e. The molecule has 0 aromatic heterocycles. The predicted molar refractivity (Wildman–Crippen MR) is 87.5 cm³/mol. The molecule has 1 rings (SSSR count). The zero-order valence-electron chi connectivity index (χ0n) is 14.0. The molecule has 0 aliphatic carbocycles. The number of amides is 1. The number of piperazine rings is 1. The van der Waals surface area contributed by atoms with Gasteiger partial charge in [-0.05, 0) is 12.3 Å². The van der Waals surface area contributed by atoms with Crippen molar-refractivity contribution in [1.29, 1.82) is 0 Å². The smallest absolute Gasteiger partial charge is 0.219 e. The third-order valence-electron chi connectivity index (χ3n) is 3.78. The van der Waals surface area contributed by atoms with Crippen LogP contribution in [0.1, 0.15) is 27.2 Å². The zero-order chi connectivity index (χ0) is 15.7. The number of nitrogens with one attached hydrogen (secondary N) is 2. The highest BCUT2D eigenvalue weighted by molar-refractivity contribution is 5.79. The van der Waals surface area contributed by atoms with Gasteiger partial charge in [0.05, 0.1) is 0 Å². The van der Waals surface area contributed by atoms with Crippen LogP contribution in [0.25, 0.3) is 0 Å². The van der Waals surface area contributed by atoms with Crippen molar-refractivity contribution in [3.63, 3.8) is 0 Å². The number of guanidine groups is 1. The molecule has 1 aliphatic heterocycles. The Morgan fingerprint density at radius 3 is 2.29 bits per heavy atom. The van der Waals surface area contributed by atoms with E-state index < -0.39 is 0 Å². The molecule has 1 fully saturated rings. The van der Waals surface area contributed by atoms with E-state index in [2.05, 4.69) is 34.4 Å². The van der Waals surface area contributed by atoms with Crippen molar-refractivity contribution in [2.75, 3.05) is 52.9 Å². The lowest BCUT2D eigenvalue weighted by molar-refractivity contribution is -0.130. The van der Waals surface area contributed by atoms with E-state index in [4.69, 9.17) is 0 Å². The van der Waals surface area contributed by atoms with Gasteiger partial charge in [0, 0.05) is 59.8 Å². The van der Waals surface area contributed by atoms with E-state index in [9.17, 15) is 4.79 Å². The Morgan fingerprint density at radius 2 is 1.76 bits per heavy atom. The molecule has 0 unspecified atom stereocenters. The molecule has 0 atom stereocenters. The first-order chi connectivity index (χ1) is 10.0. The molecule has 1 saturated heterocycles. The summed E-state index contributed by atoms with van der Waals surface area (Å²) in [5, 5.41) is 6.67. The van der Waals surface area contributed by atoms with Gasteiger partial charge in [0.2, 0.25) is 5.91 Å². The van der Waals surface area contributed by atoms with Crippen molar-refractivity contribution in [3.8, 4) is 0 Å². The second-order valence-corrected chi connectivity index (χ2v) is 5.96. The van der Waals surface area contributed by atoms with Crippen LogP contribution in [0.4, 0.5) is 0 Å². The molecule has 6 nitrogen and oxygen atoms in total. The van der Waals surface area contributed by atoms with E-state index in [1.54, 1.807) is 14.0 Å². The Bertz CT molecular complexity index is 335. The summed E-state index contributed by atoms with van der Waals surface area (Å²) in [4.78, 5) is 19.8. The summed E-state index contributed by atoms with van der Waals surface area (Å²) in [6, 6.07) is 0. The van der Waals surface area contributed by atoms with Crippen LogP contribution >= 0.6 is 0 Å². The Labute approximate surface area is 129 Å². The average Bonchev–Trinajstić information content (AvgIpc) is 2.45. The molecule has 21 heavy (non-hydrogen) atoms. The fourth-order valence-corrected chi connectivity index (χ4v) is 2.32. The Morgan fingerprint density at radius 1 is 1.14 bits per heavy atom. The lowest BCUT2D eigenvalue weighted by Crippen LogP contribution is -2.50. The molecule has 6 heteroatoms. The van der Waals surface area contributed by atoms with Gasteiger partial charge in [0.1, 0.15) is 0 Å². The number of rotatable bonds is 6. The standard InChI is InChI=1S/C15H31N5O/c1-13(2)5-6-17-15(16-4)18-7-8-19-9-11-20(12-10-19)14(3)21/h13H,5-12H2,1-4H3,(H2,16,17,18). The predicted octanol–water partition coefficient (Wildman–Crippen LogP) is 0.362. The molecule has 0 bridgehead atoms. The molecule has 0 saturated carbocycles. The third-order valence-corrected chi connectivity index (χ3v) is 3.78. The minimum absolute atomic E-state index is 0.183. The van der Waals surface area contributed by atoms with Gasteiger partial charge in [-0.3, -0.25) is 14.7 Å². The maximum atomic E-state index is 11.3. The average molecular weight is 297 g/mol. The van der Waals surface area contributed by atoms with E-state index >= 15 is 0 Å². The van der Waals surface area contributed by atoms with Crippen molar-refractivity contribution >= 4 is 11.9 Å². The quantitative estimate of drug-likeness (QED) is 0.549. The summed E-state index contributed by atoms with van der Waals surface area (Å²) >= 11 is 0. The van der Waals surface area contributed by atoms with Gasteiger partial charge in [0.25, 0.3) is 0 Å². The van der Waals surface area contributed by atoms with E-state index in [0.29, 0.717) is 5.92 Å². The minimum Gasteiger partial charge on any atom is -0.356 e. The molecule has 1 aliphatic rings. The second kappa shape index (κ2) is 9.60. The summed E-state index contributed by atoms with van der Waals surface area (Å²) in [5.41, 5.74) is 0. The molecule has 122 valence electrons. The van der Waals surface area contributed by atoms with Crippen LogP contribution in [0.5, 0.6) is 0 Å². The fourth-order valence-electron chi connectivity index (χ4n) is 2.32. The van der Waals surface area contributed by atoms with Gasteiger partial charge in [-0.2, -0.15) is 0 Å². The first kappa shape index (κ1) is 17.8. The van der Waals surface area contributed by atoms with Crippen molar-refractivity contribution in [2.24, 2.45) is 10.9 Å². The summed E-state index contributed by atoms with van der Waals surface area (Å²) < 4.78 is 0. The molecular weight excluding hydrogens is 266 g/mol. The van der Waals surface area contributed by atoms with Gasteiger partial charge in [-0.25, -0.2) is 0 Å². The summed E-state index contributed by atoms with van der Waals surface area (Å²) in [5.74, 6) is 1.76. The van der Waals surface area contributed by atoms with Crippen molar-refractivity contribution < 1.29 is 4.79 Å². The third kappa shape index (κ3) is 7.32. The number of carbonyl (C=O) groups is 1. The molecule has 1 amide bonds. The van der Waals surface area contributed by atoms with Crippen molar-refractivity contribution in [3.05, 3.63) is 0 Å². The molecule has 1 heterocycles. The number of carbonyl (C=O) groups excluding carboxylic acids is 1. The number of nitrogens with zero attached hydrogens (tertiary/aromatic N) is 3. The molecule has 0 aromatic carbocycles. The highest BCUT2D eigenvalue weighted by atomic mass is 16.2. The van der Waals surface area contributed by atoms with E-state index in [1.807, 2.05) is 4.90 Å². The van der Waals surface area contributed by atoms with E-state index in [0.717, 1.165) is 58.2 Å². The maximum absolute atomic E-state index is 11.3. The zero-order valence-corrected chi connectivity index (χ0v) is 14.0. The molecule has 2 N–H and O–H groups in total. The van der Waals surface area contributed by atoms with Crippen LogP contribution in [-0.4, -0.2) is 74.5 Å². The van der Waals surface area contributed by atoms with Crippen LogP contribution in [0.3, 0.4) is 0 Å². The number of hydrogen-bond acceptors (Lipinski definition) is 3. The lowest BCUT2D eigenvalue weighted by Gasteiger charge is -2.34. The normalized spacial score (nSPS) is 17.2. The second-order valence-electron chi connectivity index (χ2n) is 5.96. The van der Waals surface area contributed by atoms with Gasteiger partial charge in [-0.1, -0.05) is 13.8 Å². The molecule has 0 aromatic rings. The van der Waals surface area contributed by atoms with Gasteiger partial charge >= 0.3 is 0 Å². The summed E-state index contributed by atoms with van der Waals surface area (Å²) in [6.45, 7) is 12.5. The number of hydrogen-bond donors (Lipinski definition) is 2. The van der Waals surface area contributed by atoms with Crippen LogP contribution in [0, 0.1) is 5.92 Å². The first-order valence-electron chi connectivity index (χ1n) is 7.95. The van der Waals surface area contributed by atoms with Gasteiger partial charge in [0.15, 0.2) is 5.96 Å². The monoisotopic (exact) mass is 297 g/mol.